The molecule has 3 aromatic rings. The largest absolute Gasteiger partial charge is 0.493 e. The molecule has 2 N–H and O–H groups in total. The van der Waals surface area contributed by atoms with Crippen LogP contribution in [0.1, 0.15) is 24.4 Å². The van der Waals surface area contributed by atoms with Crippen molar-refractivity contribution in [1.29, 1.82) is 0 Å². The third-order valence-electron chi connectivity index (χ3n) is 4.26. The molecular weight excluding hydrogens is 325 g/mol. The molecule has 0 aliphatic rings. The summed E-state index contributed by atoms with van der Waals surface area (Å²) < 4.78 is 10.6. The molecule has 2 aromatic carbocycles. The number of hydrogen-bond acceptors (Lipinski definition) is 4. The predicted octanol–water partition coefficient (Wildman–Crippen LogP) is 2.74. The molecule has 0 spiro atoms. The van der Waals surface area contributed by atoms with Crippen LogP contribution in [0.3, 0.4) is 0 Å². The molecule has 26 heavy (non-hydrogen) atoms. The molecular formula is C20H22BN3O2. The molecule has 1 unspecified atom stereocenters. The van der Waals surface area contributed by atoms with E-state index in [4.69, 9.17) is 17.3 Å². The maximum Gasteiger partial charge on any atom is 0.161 e. The molecule has 0 aliphatic carbocycles. The van der Waals surface area contributed by atoms with E-state index in [1.54, 1.807) is 14.2 Å². The fourth-order valence-electron chi connectivity index (χ4n) is 2.77. The third-order valence-corrected chi connectivity index (χ3v) is 4.26. The monoisotopic (exact) mass is 347 g/mol. The molecule has 6 heteroatoms. The molecule has 3 rings (SSSR count). The normalized spacial score (nSPS) is 12.0. The van der Waals surface area contributed by atoms with Gasteiger partial charge in [0.25, 0.3) is 0 Å². The number of imidazole rings is 1. The molecule has 0 bridgehead atoms. The molecule has 0 aliphatic heterocycles. The number of aromatic amines is 1. The first-order valence-corrected chi connectivity index (χ1v) is 8.46. The second-order valence-corrected chi connectivity index (χ2v) is 6.10. The Balaban J connectivity index is 1.66. The number of nitrogens with zero attached hydrogens (tertiary/aromatic N) is 1. The Morgan fingerprint density at radius 3 is 2.65 bits per heavy atom. The van der Waals surface area contributed by atoms with Gasteiger partial charge in [0.05, 0.1) is 32.2 Å². The van der Waals surface area contributed by atoms with Crippen molar-refractivity contribution in [1.82, 2.24) is 15.3 Å². The zero-order valence-electron chi connectivity index (χ0n) is 15.2. The predicted molar refractivity (Wildman–Crippen MR) is 104 cm³/mol. The van der Waals surface area contributed by atoms with Crippen molar-refractivity contribution in [2.24, 2.45) is 0 Å². The molecule has 2 radical (unpaired) electrons. The van der Waals surface area contributed by atoms with Crippen LogP contribution in [0.5, 0.6) is 11.5 Å². The van der Waals surface area contributed by atoms with Gasteiger partial charge in [0.15, 0.2) is 11.5 Å². The number of rotatable bonds is 7. The molecule has 5 nitrogen and oxygen atoms in total. The van der Waals surface area contributed by atoms with Crippen LogP contribution in [0.4, 0.5) is 0 Å². The second-order valence-electron chi connectivity index (χ2n) is 6.10. The number of nitrogens with one attached hydrogen (secondary N) is 2. The number of hydrogen-bond donors (Lipinski definition) is 2. The quantitative estimate of drug-likeness (QED) is 0.646. The number of ether oxygens (including phenoxy) is 2. The lowest BCUT2D eigenvalue weighted by Gasteiger charge is -2.13. The van der Waals surface area contributed by atoms with Crippen LogP contribution < -0.4 is 20.3 Å². The lowest BCUT2D eigenvalue weighted by molar-refractivity contribution is 0.354. The number of benzene rings is 2. The highest BCUT2D eigenvalue weighted by Crippen LogP contribution is 2.27. The van der Waals surface area contributed by atoms with E-state index in [0.29, 0.717) is 6.54 Å². The Morgan fingerprint density at radius 2 is 1.92 bits per heavy atom. The first-order valence-electron chi connectivity index (χ1n) is 8.46. The van der Waals surface area contributed by atoms with Crippen LogP contribution in [-0.2, 0) is 6.54 Å². The summed E-state index contributed by atoms with van der Waals surface area (Å²) in [5.74, 6) is 2.33. The van der Waals surface area contributed by atoms with Crippen molar-refractivity contribution in [2.75, 3.05) is 14.2 Å². The van der Waals surface area contributed by atoms with Crippen molar-refractivity contribution in [3.63, 3.8) is 0 Å². The van der Waals surface area contributed by atoms with Crippen LogP contribution in [0.25, 0.3) is 11.3 Å². The number of aromatic nitrogens is 2. The summed E-state index contributed by atoms with van der Waals surface area (Å²) in [4.78, 5) is 7.85. The molecule has 0 saturated heterocycles. The van der Waals surface area contributed by atoms with E-state index in [-0.39, 0.29) is 6.04 Å². The van der Waals surface area contributed by atoms with Crippen molar-refractivity contribution < 1.29 is 9.47 Å². The minimum Gasteiger partial charge on any atom is -0.493 e. The number of methoxy groups -OCH3 is 2. The average Bonchev–Trinajstić information content (AvgIpc) is 3.16. The fraction of sp³-hybridized carbons (Fsp3) is 0.250. The smallest absolute Gasteiger partial charge is 0.161 e. The van der Waals surface area contributed by atoms with Crippen molar-refractivity contribution >= 4 is 13.3 Å². The molecule has 1 atom stereocenters. The summed E-state index contributed by atoms with van der Waals surface area (Å²) in [5.41, 5.74) is 3.82. The Bertz CT molecular complexity index is 879. The lowest BCUT2D eigenvalue weighted by Crippen LogP contribution is -2.19. The number of H-pyrrole nitrogens is 1. The van der Waals surface area contributed by atoms with Crippen molar-refractivity contribution in [2.45, 2.75) is 19.5 Å². The maximum atomic E-state index is 5.85. The van der Waals surface area contributed by atoms with Gasteiger partial charge in [-0.05, 0) is 30.2 Å². The molecule has 0 saturated carbocycles. The third kappa shape index (κ3) is 4.08. The Kier molecular flexibility index (Phi) is 5.63. The topological polar surface area (TPSA) is 59.2 Å². The summed E-state index contributed by atoms with van der Waals surface area (Å²) in [6.07, 6.45) is 1.83. The van der Waals surface area contributed by atoms with Crippen LogP contribution in [0, 0.1) is 0 Å². The first-order chi connectivity index (χ1) is 12.6. The minimum absolute atomic E-state index is 0.0675. The SMILES string of the molecule is [B]c1cccc(-c2cnc(C(C)NCc3ccc(OC)c(OC)c3)[nH]2)c1. The standard InChI is InChI=1S/C20H22BN3O2/c1-13(22-11-14-7-8-18(25-2)19(9-14)26-3)20-23-12-17(24-20)15-5-4-6-16(21)10-15/h4-10,12-13,22H,11H2,1-3H3,(H,23,24). The van der Waals surface area contributed by atoms with E-state index in [0.717, 1.165) is 39.6 Å². The van der Waals surface area contributed by atoms with E-state index in [9.17, 15) is 0 Å². The van der Waals surface area contributed by atoms with E-state index >= 15 is 0 Å². The van der Waals surface area contributed by atoms with Gasteiger partial charge in [-0.1, -0.05) is 35.8 Å². The lowest BCUT2D eigenvalue weighted by atomic mass is 9.94. The summed E-state index contributed by atoms with van der Waals surface area (Å²) in [7, 11) is 9.12. The van der Waals surface area contributed by atoms with Crippen LogP contribution in [0.2, 0.25) is 0 Å². The maximum absolute atomic E-state index is 5.85. The van der Waals surface area contributed by atoms with E-state index in [1.165, 1.54) is 0 Å². The van der Waals surface area contributed by atoms with Crippen molar-refractivity contribution in [3.8, 4) is 22.8 Å². The van der Waals surface area contributed by atoms with E-state index in [1.807, 2.05) is 48.7 Å². The first kappa shape index (κ1) is 18.1. The van der Waals surface area contributed by atoms with E-state index < -0.39 is 0 Å². The Morgan fingerprint density at radius 1 is 1.12 bits per heavy atom. The average molecular weight is 347 g/mol. The summed E-state index contributed by atoms with van der Waals surface area (Å²) in [6.45, 7) is 2.76. The van der Waals surface area contributed by atoms with Gasteiger partial charge in [0.1, 0.15) is 13.7 Å². The molecule has 1 heterocycles. The Labute approximate surface area is 155 Å². The fourth-order valence-corrected chi connectivity index (χ4v) is 2.77. The molecule has 0 amide bonds. The molecule has 1 aromatic heterocycles. The van der Waals surface area contributed by atoms with Gasteiger partial charge in [0.2, 0.25) is 0 Å². The zero-order valence-corrected chi connectivity index (χ0v) is 15.2. The van der Waals surface area contributed by atoms with Crippen LogP contribution in [0.15, 0.2) is 48.7 Å². The van der Waals surface area contributed by atoms with Gasteiger partial charge in [-0.3, -0.25) is 0 Å². The second kappa shape index (κ2) is 8.10. The Hall–Kier alpha value is -2.73. The van der Waals surface area contributed by atoms with Gasteiger partial charge in [-0.15, -0.1) is 0 Å². The van der Waals surface area contributed by atoms with Crippen molar-refractivity contribution in [3.05, 3.63) is 60.0 Å². The van der Waals surface area contributed by atoms with E-state index in [2.05, 4.69) is 22.2 Å². The summed E-state index contributed by atoms with van der Waals surface area (Å²) in [5, 5.41) is 3.47. The van der Waals surface area contributed by atoms with Gasteiger partial charge in [-0.2, -0.15) is 0 Å². The molecule has 0 fully saturated rings. The molecule has 132 valence electrons. The van der Waals surface area contributed by atoms with Crippen LogP contribution in [-0.4, -0.2) is 32.0 Å². The van der Waals surface area contributed by atoms with Gasteiger partial charge >= 0.3 is 0 Å². The minimum atomic E-state index is 0.0675. The van der Waals surface area contributed by atoms with Crippen LogP contribution >= 0.6 is 0 Å². The highest BCUT2D eigenvalue weighted by atomic mass is 16.5. The summed E-state index contributed by atoms with van der Waals surface area (Å²) >= 11 is 0. The summed E-state index contributed by atoms with van der Waals surface area (Å²) in [6, 6.07) is 13.7. The van der Waals surface area contributed by atoms with Gasteiger partial charge < -0.3 is 19.8 Å². The van der Waals surface area contributed by atoms with Gasteiger partial charge in [-0.25, -0.2) is 4.98 Å². The van der Waals surface area contributed by atoms with Gasteiger partial charge in [0, 0.05) is 6.54 Å². The highest BCUT2D eigenvalue weighted by molar-refractivity contribution is 6.32. The zero-order chi connectivity index (χ0) is 18.5. The highest BCUT2D eigenvalue weighted by Gasteiger charge is 2.11.